The number of nitrogens with zero attached hydrogens (tertiary/aromatic N) is 1. The van der Waals surface area contributed by atoms with Crippen LogP contribution in [0.3, 0.4) is 0 Å². The SMILES string of the molecule is C/C(=C/Cl)CNCCc1ccncc1. The van der Waals surface area contributed by atoms with Crippen LogP contribution in [0.1, 0.15) is 12.5 Å². The second-order valence-corrected chi connectivity index (χ2v) is 3.46. The highest BCUT2D eigenvalue weighted by Crippen LogP contribution is 1.97. The first kappa shape index (κ1) is 11.2. The van der Waals surface area contributed by atoms with Crippen molar-refractivity contribution >= 4 is 11.6 Å². The molecule has 1 aromatic heterocycles. The molecule has 3 heteroatoms. The lowest BCUT2D eigenvalue weighted by atomic mass is 10.2. The molecule has 0 amide bonds. The highest BCUT2D eigenvalue weighted by atomic mass is 35.5. The third-order valence-corrected chi connectivity index (χ3v) is 2.30. The average molecular weight is 211 g/mol. The Morgan fingerprint density at radius 3 is 2.86 bits per heavy atom. The van der Waals surface area contributed by atoms with Crippen molar-refractivity contribution in [2.24, 2.45) is 0 Å². The fourth-order valence-corrected chi connectivity index (χ4v) is 1.18. The van der Waals surface area contributed by atoms with Gasteiger partial charge in [-0.2, -0.15) is 0 Å². The molecule has 1 N–H and O–H groups in total. The van der Waals surface area contributed by atoms with Gasteiger partial charge in [-0.25, -0.2) is 0 Å². The van der Waals surface area contributed by atoms with E-state index in [0.29, 0.717) is 0 Å². The summed E-state index contributed by atoms with van der Waals surface area (Å²) in [6.45, 7) is 3.83. The molecule has 1 heterocycles. The van der Waals surface area contributed by atoms with Gasteiger partial charge in [-0.1, -0.05) is 11.6 Å². The van der Waals surface area contributed by atoms with Crippen LogP contribution in [0.2, 0.25) is 0 Å². The molecule has 0 aliphatic carbocycles. The van der Waals surface area contributed by atoms with Crippen LogP contribution in [0, 0.1) is 0 Å². The minimum Gasteiger partial charge on any atom is -0.313 e. The summed E-state index contributed by atoms with van der Waals surface area (Å²) in [7, 11) is 0. The second kappa shape index (κ2) is 6.57. The molecule has 0 atom stereocenters. The smallest absolute Gasteiger partial charge is 0.0270 e. The van der Waals surface area contributed by atoms with Crippen LogP contribution < -0.4 is 5.32 Å². The highest BCUT2D eigenvalue weighted by molar-refractivity contribution is 6.25. The minimum absolute atomic E-state index is 0.856. The molecule has 0 aliphatic rings. The predicted molar refractivity (Wildman–Crippen MR) is 60.4 cm³/mol. The zero-order valence-electron chi connectivity index (χ0n) is 8.33. The van der Waals surface area contributed by atoms with E-state index in [0.717, 1.165) is 25.1 Å². The topological polar surface area (TPSA) is 24.9 Å². The van der Waals surface area contributed by atoms with Gasteiger partial charge in [0.2, 0.25) is 0 Å². The van der Waals surface area contributed by atoms with Gasteiger partial charge in [-0.3, -0.25) is 4.98 Å². The van der Waals surface area contributed by atoms with E-state index in [4.69, 9.17) is 11.6 Å². The molecule has 0 aromatic carbocycles. The van der Waals surface area contributed by atoms with Crippen LogP contribution >= 0.6 is 11.6 Å². The molecule has 2 nitrogen and oxygen atoms in total. The molecule has 1 rings (SSSR count). The van der Waals surface area contributed by atoms with Crippen molar-refractivity contribution in [1.29, 1.82) is 0 Å². The summed E-state index contributed by atoms with van der Waals surface area (Å²) < 4.78 is 0. The van der Waals surface area contributed by atoms with Crippen LogP contribution in [0.5, 0.6) is 0 Å². The number of halogens is 1. The molecular weight excluding hydrogens is 196 g/mol. The van der Waals surface area contributed by atoms with E-state index in [1.165, 1.54) is 5.56 Å². The number of hydrogen-bond donors (Lipinski definition) is 1. The molecule has 0 saturated heterocycles. The van der Waals surface area contributed by atoms with Crippen molar-refractivity contribution in [3.05, 3.63) is 41.2 Å². The Hall–Kier alpha value is -0.860. The molecule has 0 fully saturated rings. The van der Waals surface area contributed by atoms with Gasteiger partial charge in [-0.15, -0.1) is 0 Å². The maximum absolute atomic E-state index is 5.54. The van der Waals surface area contributed by atoms with Gasteiger partial charge in [0.25, 0.3) is 0 Å². The zero-order valence-corrected chi connectivity index (χ0v) is 9.09. The second-order valence-electron chi connectivity index (χ2n) is 3.24. The van der Waals surface area contributed by atoms with Crippen molar-refractivity contribution < 1.29 is 0 Å². The lowest BCUT2D eigenvalue weighted by Gasteiger charge is -2.03. The predicted octanol–water partition coefficient (Wildman–Crippen LogP) is 2.36. The number of nitrogens with one attached hydrogen (secondary N) is 1. The molecule has 14 heavy (non-hydrogen) atoms. The molecule has 0 aliphatic heterocycles. The van der Waals surface area contributed by atoms with Crippen LogP contribution in [-0.2, 0) is 6.42 Å². The minimum atomic E-state index is 0.856. The molecular formula is C11H15ClN2. The molecule has 0 saturated carbocycles. The Bertz CT molecular complexity index is 283. The number of aromatic nitrogens is 1. The van der Waals surface area contributed by atoms with Crippen molar-refractivity contribution in [3.8, 4) is 0 Å². The summed E-state index contributed by atoms with van der Waals surface area (Å²) >= 11 is 5.54. The lowest BCUT2D eigenvalue weighted by Crippen LogP contribution is -2.19. The van der Waals surface area contributed by atoms with E-state index in [1.54, 1.807) is 5.54 Å². The zero-order chi connectivity index (χ0) is 10.2. The van der Waals surface area contributed by atoms with E-state index in [-0.39, 0.29) is 0 Å². The third kappa shape index (κ3) is 4.40. The Morgan fingerprint density at radius 2 is 2.21 bits per heavy atom. The van der Waals surface area contributed by atoms with Crippen LogP contribution in [0.15, 0.2) is 35.6 Å². The lowest BCUT2D eigenvalue weighted by molar-refractivity contribution is 0.728. The Labute approximate surface area is 90.0 Å². The largest absolute Gasteiger partial charge is 0.313 e. The van der Waals surface area contributed by atoms with Crippen molar-refractivity contribution in [1.82, 2.24) is 10.3 Å². The number of hydrogen-bond acceptors (Lipinski definition) is 2. The van der Waals surface area contributed by atoms with Crippen molar-refractivity contribution in [3.63, 3.8) is 0 Å². The van der Waals surface area contributed by atoms with Crippen LogP contribution in [0.4, 0.5) is 0 Å². The van der Waals surface area contributed by atoms with Gasteiger partial charge in [0.1, 0.15) is 0 Å². The summed E-state index contributed by atoms with van der Waals surface area (Å²) in [5.74, 6) is 0. The van der Waals surface area contributed by atoms with Gasteiger partial charge < -0.3 is 5.32 Å². The molecule has 76 valence electrons. The first-order chi connectivity index (χ1) is 6.83. The Balaban J connectivity index is 2.17. The van der Waals surface area contributed by atoms with Gasteiger partial charge in [0.05, 0.1) is 0 Å². The quantitative estimate of drug-likeness (QED) is 0.755. The maximum atomic E-state index is 5.54. The van der Waals surface area contributed by atoms with Gasteiger partial charge in [0, 0.05) is 24.5 Å². The van der Waals surface area contributed by atoms with E-state index >= 15 is 0 Å². The summed E-state index contributed by atoms with van der Waals surface area (Å²) in [5.41, 5.74) is 4.07. The van der Waals surface area contributed by atoms with E-state index in [9.17, 15) is 0 Å². The number of pyridine rings is 1. The fourth-order valence-electron chi connectivity index (χ4n) is 1.11. The molecule has 0 unspecified atom stereocenters. The normalized spacial score (nSPS) is 11.7. The van der Waals surface area contributed by atoms with E-state index in [1.807, 2.05) is 31.5 Å². The Kier molecular flexibility index (Phi) is 5.27. The standard InChI is InChI=1S/C11H15ClN2/c1-10(8-12)9-14-7-4-11-2-5-13-6-3-11/h2-3,5-6,8,14H,4,7,9H2,1H3/b10-8-. The summed E-state index contributed by atoms with van der Waals surface area (Å²) in [4.78, 5) is 3.97. The summed E-state index contributed by atoms with van der Waals surface area (Å²) in [6.07, 6.45) is 4.66. The monoisotopic (exact) mass is 210 g/mol. The maximum Gasteiger partial charge on any atom is 0.0270 e. The highest BCUT2D eigenvalue weighted by Gasteiger charge is 1.92. The summed E-state index contributed by atoms with van der Waals surface area (Å²) in [5, 5.41) is 3.31. The molecule has 0 bridgehead atoms. The van der Waals surface area contributed by atoms with Crippen LogP contribution in [0.25, 0.3) is 0 Å². The fraction of sp³-hybridized carbons (Fsp3) is 0.364. The van der Waals surface area contributed by atoms with Crippen molar-refractivity contribution in [2.75, 3.05) is 13.1 Å². The number of rotatable bonds is 5. The van der Waals surface area contributed by atoms with E-state index in [2.05, 4.69) is 10.3 Å². The Morgan fingerprint density at radius 1 is 1.50 bits per heavy atom. The first-order valence-corrected chi connectivity index (χ1v) is 5.12. The van der Waals surface area contributed by atoms with Gasteiger partial charge in [0.15, 0.2) is 0 Å². The van der Waals surface area contributed by atoms with E-state index < -0.39 is 0 Å². The molecule has 1 aromatic rings. The molecule has 0 radical (unpaired) electrons. The van der Waals surface area contributed by atoms with Crippen molar-refractivity contribution in [2.45, 2.75) is 13.3 Å². The third-order valence-electron chi connectivity index (χ3n) is 1.93. The first-order valence-electron chi connectivity index (χ1n) is 4.68. The van der Waals surface area contributed by atoms with Crippen LogP contribution in [-0.4, -0.2) is 18.1 Å². The molecule has 0 spiro atoms. The van der Waals surface area contributed by atoms with Gasteiger partial charge in [-0.05, 0) is 43.2 Å². The van der Waals surface area contributed by atoms with Gasteiger partial charge >= 0.3 is 0 Å². The summed E-state index contributed by atoms with van der Waals surface area (Å²) in [6, 6.07) is 4.07. The average Bonchev–Trinajstić information content (AvgIpc) is 2.25.